The van der Waals surface area contributed by atoms with Crippen LogP contribution in [0.3, 0.4) is 0 Å². The summed E-state index contributed by atoms with van der Waals surface area (Å²) in [6.45, 7) is 3.78. The number of carbonyl (C=O) groups excluding carboxylic acids is 4. The number of aromatic nitrogens is 2. The van der Waals surface area contributed by atoms with E-state index in [1.807, 2.05) is 6.92 Å². The second-order valence-corrected chi connectivity index (χ2v) is 7.82. The molecule has 12 nitrogen and oxygen atoms in total. The van der Waals surface area contributed by atoms with Crippen molar-refractivity contribution in [3.05, 3.63) is 38.9 Å². The standard InChI is InChI=1S/C22H27N5O7/c1-2-26(14-5-6-15-16(13-14)22(33)25-24-21(15)32)12-4-3-11-23-17(28)7-10-20(31)34-27-18(29)8-9-19(27)30/h5-6,13H,2-4,7-12H2,1H3,(H,23,28)(H,24,32)(H,25,33). The molecule has 0 unspecified atom stereocenters. The van der Waals surface area contributed by atoms with Crippen LogP contribution in [0.25, 0.3) is 10.8 Å². The first-order valence-electron chi connectivity index (χ1n) is 11.1. The summed E-state index contributed by atoms with van der Waals surface area (Å²) < 4.78 is 0. The zero-order valence-electron chi connectivity index (χ0n) is 18.8. The monoisotopic (exact) mass is 473 g/mol. The predicted molar refractivity (Wildman–Crippen MR) is 122 cm³/mol. The maximum atomic E-state index is 12.0. The fraction of sp³-hybridized carbons (Fsp3) is 0.455. The highest BCUT2D eigenvalue weighted by molar-refractivity contribution is 6.01. The molecular formula is C22H27N5O7. The number of imide groups is 1. The summed E-state index contributed by atoms with van der Waals surface area (Å²) in [4.78, 5) is 77.2. The van der Waals surface area contributed by atoms with Gasteiger partial charge >= 0.3 is 5.97 Å². The number of hydroxylamine groups is 2. The molecule has 0 radical (unpaired) electrons. The summed E-state index contributed by atoms with van der Waals surface area (Å²) in [5.74, 6) is -2.27. The molecule has 0 bridgehead atoms. The molecule has 0 atom stereocenters. The van der Waals surface area contributed by atoms with Crippen LogP contribution in [0.2, 0.25) is 0 Å². The number of amides is 3. The zero-order valence-corrected chi connectivity index (χ0v) is 18.8. The highest BCUT2D eigenvalue weighted by Crippen LogP contribution is 2.18. The highest BCUT2D eigenvalue weighted by Gasteiger charge is 2.32. The molecule has 1 aliphatic rings. The van der Waals surface area contributed by atoms with E-state index in [4.69, 9.17) is 4.84 Å². The summed E-state index contributed by atoms with van der Waals surface area (Å²) in [6.07, 6.45) is 1.13. The van der Waals surface area contributed by atoms with Crippen molar-refractivity contribution in [2.45, 2.75) is 45.4 Å². The molecule has 1 aromatic carbocycles. The molecule has 3 N–H and O–H groups in total. The van der Waals surface area contributed by atoms with E-state index in [0.29, 0.717) is 41.9 Å². The number of benzene rings is 1. The second-order valence-electron chi connectivity index (χ2n) is 7.82. The van der Waals surface area contributed by atoms with E-state index in [1.165, 1.54) is 0 Å². The Balaban J connectivity index is 1.38. The molecule has 1 saturated heterocycles. The lowest BCUT2D eigenvalue weighted by Gasteiger charge is -2.23. The Morgan fingerprint density at radius 3 is 2.35 bits per heavy atom. The first-order valence-corrected chi connectivity index (χ1v) is 11.1. The minimum absolute atomic E-state index is 0.0149. The second kappa shape index (κ2) is 11.3. The summed E-state index contributed by atoms with van der Waals surface area (Å²) in [5.41, 5.74) is 0.104. The van der Waals surface area contributed by atoms with E-state index in [-0.39, 0.29) is 42.7 Å². The molecule has 0 aliphatic carbocycles. The molecule has 3 rings (SSSR count). The molecule has 2 aromatic rings. The van der Waals surface area contributed by atoms with Gasteiger partial charge in [0, 0.05) is 44.6 Å². The average Bonchev–Trinajstić information content (AvgIpc) is 3.14. The van der Waals surface area contributed by atoms with E-state index in [0.717, 1.165) is 12.1 Å². The van der Waals surface area contributed by atoms with Crippen LogP contribution in [0, 0.1) is 0 Å². The molecule has 1 fully saturated rings. The van der Waals surface area contributed by atoms with E-state index < -0.39 is 17.8 Å². The topological polar surface area (TPSA) is 162 Å². The van der Waals surface area contributed by atoms with Gasteiger partial charge in [0.05, 0.1) is 17.2 Å². The molecule has 2 heterocycles. The summed E-state index contributed by atoms with van der Waals surface area (Å²) >= 11 is 0. The van der Waals surface area contributed by atoms with Crippen molar-refractivity contribution >= 4 is 40.2 Å². The third-order valence-electron chi connectivity index (χ3n) is 5.46. The number of anilines is 1. The largest absolute Gasteiger partial charge is 0.372 e. The van der Waals surface area contributed by atoms with Gasteiger partial charge in [0.15, 0.2) is 0 Å². The van der Waals surface area contributed by atoms with E-state index in [1.54, 1.807) is 18.2 Å². The van der Waals surface area contributed by atoms with Gasteiger partial charge in [-0.25, -0.2) is 4.79 Å². The van der Waals surface area contributed by atoms with Crippen LogP contribution in [-0.4, -0.2) is 58.6 Å². The molecule has 1 aromatic heterocycles. The third-order valence-corrected chi connectivity index (χ3v) is 5.46. The Morgan fingerprint density at radius 1 is 1.00 bits per heavy atom. The fourth-order valence-corrected chi connectivity index (χ4v) is 3.60. The maximum Gasteiger partial charge on any atom is 0.333 e. The lowest BCUT2D eigenvalue weighted by molar-refractivity contribution is -0.197. The van der Waals surface area contributed by atoms with Gasteiger partial charge in [-0.1, -0.05) is 0 Å². The number of nitrogens with one attached hydrogen (secondary N) is 3. The minimum Gasteiger partial charge on any atom is -0.372 e. The van der Waals surface area contributed by atoms with Crippen molar-refractivity contribution in [1.82, 2.24) is 20.6 Å². The zero-order chi connectivity index (χ0) is 24.7. The van der Waals surface area contributed by atoms with Gasteiger partial charge < -0.3 is 15.1 Å². The number of fused-ring (bicyclic) bond motifs is 1. The van der Waals surface area contributed by atoms with Gasteiger partial charge in [-0.2, -0.15) is 0 Å². The van der Waals surface area contributed by atoms with Gasteiger partial charge in [0.1, 0.15) is 0 Å². The van der Waals surface area contributed by atoms with Crippen molar-refractivity contribution < 1.29 is 24.0 Å². The summed E-state index contributed by atoms with van der Waals surface area (Å²) in [7, 11) is 0. The number of H-pyrrole nitrogens is 2. The molecule has 3 amide bonds. The molecule has 34 heavy (non-hydrogen) atoms. The lowest BCUT2D eigenvalue weighted by atomic mass is 10.1. The van der Waals surface area contributed by atoms with Gasteiger partial charge in [0.25, 0.3) is 22.9 Å². The van der Waals surface area contributed by atoms with Crippen molar-refractivity contribution in [2.24, 2.45) is 0 Å². The Bertz CT molecular complexity index is 1190. The smallest absolute Gasteiger partial charge is 0.333 e. The molecule has 12 heteroatoms. The quantitative estimate of drug-likeness (QED) is 0.311. The number of hydrogen-bond donors (Lipinski definition) is 3. The van der Waals surface area contributed by atoms with Crippen LogP contribution in [-0.2, 0) is 24.0 Å². The Labute approximate surface area is 194 Å². The fourth-order valence-electron chi connectivity index (χ4n) is 3.60. The normalized spacial score (nSPS) is 13.4. The van der Waals surface area contributed by atoms with Crippen molar-refractivity contribution in [3.8, 4) is 0 Å². The number of aromatic amines is 2. The molecule has 0 spiro atoms. The first-order chi connectivity index (χ1) is 16.3. The average molecular weight is 473 g/mol. The van der Waals surface area contributed by atoms with Crippen LogP contribution >= 0.6 is 0 Å². The van der Waals surface area contributed by atoms with Crippen LogP contribution in [0.1, 0.15) is 45.4 Å². The van der Waals surface area contributed by atoms with Crippen molar-refractivity contribution in [2.75, 3.05) is 24.5 Å². The van der Waals surface area contributed by atoms with E-state index >= 15 is 0 Å². The minimum atomic E-state index is -0.812. The number of unbranched alkanes of at least 4 members (excludes halogenated alkanes) is 1. The molecule has 1 aliphatic heterocycles. The van der Waals surface area contributed by atoms with Gasteiger partial charge in [-0.3, -0.25) is 34.2 Å². The lowest BCUT2D eigenvalue weighted by Crippen LogP contribution is -2.32. The Hall–Kier alpha value is -3.96. The van der Waals surface area contributed by atoms with E-state index in [9.17, 15) is 28.8 Å². The van der Waals surface area contributed by atoms with Crippen molar-refractivity contribution in [3.63, 3.8) is 0 Å². The SMILES string of the molecule is CCN(CCCCNC(=O)CCC(=O)ON1C(=O)CCC1=O)c1ccc2c(=O)[nH][nH]c(=O)c2c1. The van der Waals surface area contributed by atoms with Crippen LogP contribution in [0.4, 0.5) is 5.69 Å². The van der Waals surface area contributed by atoms with Crippen LogP contribution in [0.5, 0.6) is 0 Å². The number of rotatable bonds is 11. The number of hydrogen-bond acceptors (Lipinski definition) is 8. The Morgan fingerprint density at radius 2 is 1.68 bits per heavy atom. The summed E-state index contributed by atoms with van der Waals surface area (Å²) in [6, 6.07) is 5.11. The van der Waals surface area contributed by atoms with Crippen molar-refractivity contribution in [1.29, 1.82) is 0 Å². The maximum absolute atomic E-state index is 12.0. The number of carbonyl (C=O) groups is 4. The number of nitrogens with zero attached hydrogens (tertiary/aromatic N) is 2. The molecular weight excluding hydrogens is 446 g/mol. The van der Waals surface area contributed by atoms with Gasteiger partial charge in [0.2, 0.25) is 5.91 Å². The Kier molecular flexibility index (Phi) is 8.17. The predicted octanol–water partition coefficient (Wildman–Crippen LogP) is 0.327. The van der Waals surface area contributed by atoms with Gasteiger partial charge in [-0.15, -0.1) is 5.06 Å². The van der Waals surface area contributed by atoms with Crippen LogP contribution < -0.4 is 21.3 Å². The molecule has 182 valence electrons. The van der Waals surface area contributed by atoms with Gasteiger partial charge in [-0.05, 0) is 38.0 Å². The van der Waals surface area contributed by atoms with E-state index in [2.05, 4.69) is 20.4 Å². The summed E-state index contributed by atoms with van der Waals surface area (Å²) in [5, 5.41) is 8.46. The third kappa shape index (κ3) is 6.09. The highest BCUT2D eigenvalue weighted by atomic mass is 16.7. The first kappa shape index (κ1) is 24.7. The van der Waals surface area contributed by atoms with Crippen LogP contribution in [0.15, 0.2) is 27.8 Å². The molecule has 0 saturated carbocycles.